The first kappa shape index (κ1) is 15.3. The van der Waals surface area contributed by atoms with Crippen molar-refractivity contribution in [1.29, 1.82) is 0 Å². The van der Waals surface area contributed by atoms with Crippen LogP contribution >= 0.6 is 0 Å². The summed E-state index contributed by atoms with van der Waals surface area (Å²) in [6, 6.07) is 0. The Balaban J connectivity index is 1.76. The minimum Gasteiger partial charge on any atom is -0.492 e. The van der Waals surface area contributed by atoms with Gasteiger partial charge in [0.05, 0.1) is 44.3 Å². The highest BCUT2D eigenvalue weighted by Gasteiger charge is 2.46. The number of oxime groups is 1. The Morgan fingerprint density at radius 1 is 1.27 bits per heavy atom. The van der Waals surface area contributed by atoms with Gasteiger partial charge in [-0.15, -0.1) is 13.2 Å². The molecule has 0 spiro atoms. The summed E-state index contributed by atoms with van der Waals surface area (Å²) in [5, 5.41) is 4.13. The van der Waals surface area contributed by atoms with E-state index in [-0.39, 0.29) is 24.2 Å². The van der Waals surface area contributed by atoms with E-state index in [1.165, 1.54) is 0 Å². The summed E-state index contributed by atoms with van der Waals surface area (Å²) in [5.41, 5.74) is 1.82. The number of rotatable bonds is 7. The monoisotopic (exact) mass is 307 g/mol. The molecule has 1 fully saturated rings. The molecule has 0 aliphatic carbocycles. The predicted molar refractivity (Wildman–Crippen MR) is 80.5 cm³/mol. The summed E-state index contributed by atoms with van der Waals surface area (Å²) in [4.78, 5) is 5.18. The van der Waals surface area contributed by atoms with Gasteiger partial charge < -0.3 is 23.8 Å². The molecule has 3 aliphatic heterocycles. The molecule has 0 N–H and O–H groups in total. The van der Waals surface area contributed by atoms with Gasteiger partial charge in [-0.3, -0.25) is 0 Å². The Kier molecular flexibility index (Phi) is 4.92. The standard InChI is InChI=1S/C16H21NO5/c1-3-5-18-10-13-16(19-6-4-2)15-12(9-20-13)14-11(7-21-15)8-22-17-14/h3-4,9,11,13,15-16H,1-2,5-8,10H2/t11-,13+,15+,16-/m0/s1. The van der Waals surface area contributed by atoms with Crippen LogP contribution in [0, 0.1) is 5.92 Å². The summed E-state index contributed by atoms with van der Waals surface area (Å²) in [6.45, 7) is 9.77. The van der Waals surface area contributed by atoms with Gasteiger partial charge in [0.25, 0.3) is 0 Å². The lowest BCUT2D eigenvalue weighted by Crippen LogP contribution is -2.53. The second kappa shape index (κ2) is 7.09. The maximum atomic E-state index is 6.00. The molecule has 3 heterocycles. The molecule has 0 amide bonds. The Morgan fingerprint density at radius 2 is 2.14 bits per heavy atom. The minimum atomic E-state index is -0.271. The van der Waals surface area contributed by atoms with Crippen LogP contribution in [0.4, 0.5) is 0 Å². The van der Waals surface area contributed by atoms with Gasteiger partial charge in [0.1, 0.15) is 24.9 Å². The van der Waals surface area contributed by atoms with Crippen LogP contribution < -0.4 is 0 Å². The van der Waals surface area contributed by atoms with Gasteiger partial charge >= 0.3 is 0 Å². The lowest BCUT2D eigenvalue weighted by Gasteiger charge is -2.40. The Morgan fingerprint density at radius 3 is 2.95 bits per heavy atom. The average molecular weight is 307 g/mol. The van der Waals surface area contributed by atoms with E-state index < -0.39 is 0 Å². The van der Waals surface area contributed by atoms with Crippen molar-refractivity contribution in [3.63, 3.8) is 0 Å². The van der Waals surface area contributed by atoms with Crippen LogP contribution in [0.15, 0.2) is 42.3 Å². The highest BCUT2D eigenvalue weighted by molar-refractivity contribution is 6.03. The molecule has 4 atom stereocenters. The van der Waals surface area contributed by atoms with Crippen LogP contribution in [0.3, 0.4) is 0 Å². The van der Waals surface area contributed by atoms with Crippen molar-refractivity contribution in [3.8, 4) is 0 Å². The molecular weight excluding hydrogens is 286 g/mol. The van der Waals surface area contributed by atoms with E-state index in [1.54, 1.807) is 18.4 Å². The maximum absolute atomic E-state index is 6.00. The average Bonchev–Trinajstić information content (AvgIpc) is 3.02. The van der Waals surface area contributed by atoms with E-state index in [9.17, 15) is 0 Å². The Hall–Kier alpha value is -1.63. The summed E-state index contributed by atoms with van der Waals surface area (Å²) >= 11 is 0. The van der Waals surface area contributed by atoms with E-state index in [1.807, 2.05) is 0 Å². The lowest BCUT2D eigenvalue weighted by molar-refractivity contribution is -0.140. The SMILES string of the molecule is C=CCOC[C@H]1OC=C2C3=NOC[C@@H]3CO[C@H]2[C@H]1OCC=C. The quantitative estimate of drug-likeness (QED) is 0.526. The number of hydrogen-bond acceptors (Lipinski definition) is 6. The predicted octanol–water partition coefficient (Wildman–Crippen LogP) is 1.44. The van der Waals surface area contributed by atoms with Gasteiger partial charge in [0.2, 0.25) is 0 Å². The molecule has 0 radical (unpaired) electrons. The highest BCUT2D eigenvalue weighted by Crippen LogP contribution is 2.34. The van der Waals surface area contributed by atoms with Crippen molar-refractivity contribution >= 4 is 5.71 Å². The van der Waals surface area contributed by atoms with Gasteiger partial charge in [-0.2, -0.15) is 0 Å². The van der Waals surface area contributed by atoms with Crippen LogP contribution in [-0.4, -0.2) is 57.1 Å². The second-order valence-electron chi connectivity index (χ2n) is 5.38. The van der Waals surface area contributed by atoms with E-state index in [4.69, 9.17) is 23.8 Å². The van der Waals surface area contributed by atoms with E-state index in [0.717, 1.165) is 11.3 Å². The fourth-order valence-corrected chi connectivity index (χ4v) is 2.83. The summed E-state index contributed by atoms with van der Waals surface area (Å²) in [5.74, 6) is 0.180. The third-order valence-corrected chi connectivity index (χ3v) is 3.86. The van der Waals surface area contributed by atoms with Gasteiger partial charge in [-0.05, 0) is 0 Å². The van der Waals surface area contributed by atoms with Gasteiger partial charge in [0.15, 0.2) is 0 Å². The number of nitrogens with zero attached hydrogens (tertiary/aromatic N) is 1. The summed E-state index contributed by atoms with van der Waals surface area (Å²) in [6.07, 6.45) is 4.39. The molecule has 120 valence electrons. The van der Waals surface area contributed by atoms with Crippen LogP contribution in [0.5, 0.6) is 0 Å². The fraction of sp³-hybridized carbons (Fsp3) is 0.562. The van der Waals surface area contributed by atoms with Crippen molar-refractivity contribution in [2.24, 2.45) is 11.1 Å². The molecule has 0 saturated carbocycles. The zero-order valence-electron chi connectivity index (χ0n) is 12.5. The molecule has 1 saturated heterocycles. The molecule has 0 aromatic heterocycles. The molecule has 3 rings (SSSR count). The molecule has 0 unspecified atom stereocenters. The van der Waals surface area contributed by atoms with Crippen molar-refractivity contribution in [1.82, 2.24) is 0 Å². The molecule has 22 heavy (non-hydrogen) atoms. The van der Waals surface area contributed by atoms with Gasteiger partial charge in [-0.1, -0.05) is 17.3 Å². The molecule has 6 nitrogen and oxygen atoms in total. The van der Waals surface area contributed by atoms with Gasteiger partial charge in [-0.25, -0.2) is 0 Å². The fourth-order valence-electron chi connectivity index (χ4n) is 2.83. The normalized spacial score (nSPS) is 32.7. The van der Waals surface area contributed by atoms with E-state index >= 15 is 0 Å². The van der Waals surface area contributed by atoms with E-state index in [2.05, 4.69) is 18.3 Å². The highest BCUT2D eigenvalue weighted by atomic mass is 16.6. The van der Waals surface area contributed by atoms with Crippen molar-refractivity contribution in [2.45, 2.75) is 18.3 Å². The van der Waals surface area contributed by atoms with Crippen molar-refractivity contribution < 1.29 is 23.8 Å². The van der Waals surface area contributed by atoms with E-state index in [0.29, 0.717) is 33.0 Å². The molecule has 0 bridgehead atoms. The van der Waals surface area contributed by atoms with Crippen LogP contribution in [0.25, 0.3) is 0 Å². The van der Waals surface area contributed by atoms with Crippen LogP contribution in [-0.2, 0) is 23.8 Å². The topological polar surface area (TPSA) is 58.5 Å². The molecule has 6 heteroatoms. The lowest BCUT2D eigenvalue weighted by atomic mass is 9.87. The number of hydrogen-bond donors (Lipinski definition) is 0. The maximum Gasteiger partial charge on any atom is 0.150 e. The third-order valence-electron chi connectivity index (χ3n) is 3.86. The molecule has 3 aliphatic rings. The first-order valence-electron chi connectivity index (χ1n) is 7.43. The zero-order valence-corrected chi connectivity index (χ0v) is 12.5. The summed E-state index contributed by atoms with van der Waals surface area (Å²) in [7, 11) is 0. The first-order chi connectivity index (χ1) is 10.8. The van der Waals surface area contributed by atoms with Crippen molar-refractivity contribution in [2.75, 3.05) is 33.0 Å². The van der Waals surface area contributed by atoms with Gasteiger partial charge in [0, 0.05) is 5.57 Å². The van der Waals surface area contributed by atoms with Crippen LogP contribution in [0.1, 0.15) is 0 Å². The first-order valence-corrected chi connectivity index (χ1v) is 7.43. The van der Waals surface area contributed by atoms with Crippen molar-refractivity contribution in [3.05, 3.63) is 37.1 Å². The molecule has 0 aromatic carbocycles. The number of fused-ring (bicyclic) bond motifs is 3. The second-order valence-corrected chi connectivity index (χ2v) is 5.38. The third kappa shape index (κ3) is 2.95. The zero-order chi connectivity index (χ0) is 15.4. The van der Waals surface area contributed by atoms with Crippen LogP contribution in [0.2, 0.25) is 0 Å². The molecule has 0 aromatic rings. The minimum absolute atomic E-state index is 0.180. The number of ether oxygens (including phenoxy) is 4. The largest absolute Gasteiger partial charge is 0.492 e. The Labute approximate surface area is 130 Å². The summed E-state index contributed by atoms with van der Waals surface area (Å²) < 4.78 is 23.2. The Bertz CT molecular complexity index is 487. The smallest absolute Gasteiger partial charge is 0.150 e. The molecular formula is C16H21NO5.